The summed E-state index contributed by atoms with van der Waals surface area (Å²) in [6.07, 6.45) is 0.575. The second-order valence-electron chi connectivity index (χ2n) is 3.15. The van der Waals surface area contributed by atoms with Crippen LogP contribution in [0.15, 0.2) is 0 Å². The molecule has 13 heavy (non-hydrogen) atoms. The average Bonchev–Trinajstić information content (AvgIpc) is 2.11. The Morgan fingerprint density at radius 1 is 1.62 bits per heavy atom. The minimum absolute atomic E-state index is 0.193. The number of amides is 1. The van der Waals surface area contributed by atoms with Crippen LogP contribution in [0.5, 0.6) is 0 Å². The first-order valence-electron chi connectivity index (χ1n) is 4.03. The summed E-state index contributed by atoms with van der Waals surface area (Å²) in [4.78, 5) is 21.3. The van der Waals surface area contributed by atoms with Crippen molar-refractivity contribution in [2.75, 3.05) is 7.11 Å². The molecular weight excluding hydrogens is 174 g/mol. The van der Waals surface area contributed by atoms with Crippen LogP contribution < -0.4 is 0 Å². The summed E-state index contributed by atoms with van der Waals surface area (Å²) >= 11 is 0. The predicted molar refractivity (Wildman–Crippen MR) is 44.9 cm³/mol. The normalized spacial score (nSPS) is 12.4. The molecule has 0 heterocycles. The summed E-state index contributed by atoms with van der Waals surface area (Å²) in [7, 11) is 1.22. The van der Waals surface area contributed by atoms with Gasteiger partial charge in [-0.3, -0.25) is 10.0 Å². The fourth-order valence-corrected chi connectivity index (χ4v) is 0.968. The van der Waals surface area contributed by atoms with Crippen molar-refractivity contribution in [3.63, 3.8) is 0 Å². The summed E-state index contributed by atoms with van der Waals surface area (Å²) in [6.45, 7) is 3.77. The van der Waals surface area contributed by atoms with Crippen LogP contribution in [0.2, 0.25) is 0 Å². The fourth-order valence-electron chi connectivity index (χ4n) is 0.968. The van der Waals surface area contributed by atoms with Crippen LogP contribution in [0, 0.1) is 5.92 Å². The van der Waals surface area contributed by atoms with Gasteiger partial charge in [-0.2, -0.15) is 0 Å². The van der Waals surface area contributed by atoms with Crippen molar-refractivity contribution in [2.45, 2.75) is 26.3 Å². The molecule has 1 atom stereocenters. The van der Waals surface area contributed by atoms with Crippen molar-refractivity contribution in [3.05, 3.63) is 0 Å². The lowest BCUT2D eigenvalue weighted by Gasteiger charge is -2.21. The van der Waals surface area contributed by atoms with E-state index in [9.17, 15) is 9.59 Å². The molecular formula is C8H15NO4. The number of methoxy groups -OCH3 is 1. The summed E-state index contributed by atoms with van der Waals surface area (Å²) in [5, 5.41) is 9.37. The number of carbonyl (C=O) groups is 2. The average molecular weight is 189 g/mol. The molecule has 76 valence electrons. The highest BCUT2D eigenvalue weighted by Crippen LogP contribution is 2.10. The zero-order valence-electron chi connectivity index (χ0n) is 8.06. The smallest absolute Gasteiger partial charge is 0.331 e. The molecule has 1 N–H and O–H groups in total. The molecule has 0 bridgehead atoms. The Balaban J connectivity index is 4.35. The molecule has 0 saturated carbocycles. The number of esters is 1. The lowest BCUT2D eigenvalue weighted by atomic mass is 10.0. The SMILES string of the molecule is COC(=O)[C@H](CC(C)C)N(O)C=O. The molecule has 0 aliphatic carbocycles. The van der Waals surface area contributed by atoms with E-state index in [1.165, 1.54) is 7.11 Å². The highest BCUT2D eigenvalue weighted by atomic mass is 16.5. The van der Waals surface area contributed by atoms with Gasteiger partial charge in [-0.1, -0.05) is 13.8 Å². The summed E-state index contributed by atoms with van der Waals surface area (Å²) in [5.41, 5.74) is 0. The van der Waals surface area contributed by atoms with E-state index in [2.05, 4.69) is 4.74 Å². The standard InChI is InChI=1S/C8H15NO4/c1-6(2)4-7(8(11)13-3)9(12)5-10/h5-7,12H,4H2,1-3H3/t7-/m0/s1. The fraction of sp³-hybridized carbons (Fsp3) is 0.750. The van der Waals surface area contributed by atoms with Crippen LogP contribution in [0.3, 0.4) is 0 Å². The zero-order chi connectivity index (χ0) is 10.4. The quantitative estimate of drug-likeness (QED) is 0.294. The van der Waals surface area contributed by atoms with Gasteiger partial charge in [-0.05, 0) is 12.3 Å². The molecule has 1 amide bonds. The van der Waals surface area contributed by atoms with E-state index in [-0.39, 0.29) is 12.3 Å². The Bertz CT molecular complexity index is 181. The minimum atomic E-state index is -0.900. The van der Waals surface area contributed by atoms with Gasteiger partial charge >= 0.3 is 5.97 Å². The minimum Gasteiger partial charge on any atom is -0.467 e. The molecule has 0 saturated heterocycles. The van der Waals surface area contributed by atoms with Gasteiger partial charge in [0.25, 0.3) is 0 Å². The maximum absolute atomic E-state index is 11.1. The van der Waals surface area contributed by atoms with Crippen molar-refractivity contribution in [1.82, 2.24) is 5.06 Å². The molecule has 5 heteroatoms. The van der Waals surface area contributed by atoms with Crippen LogP contribution in [0.25, 0.3) is 0 Å². The molecule has 0 aliphatic heterocycles. The molecule has 0 unspecified atom stereocenters. The van der Waals surface area contributed by atoms with Gasteiger partial charge in [0.2, 0.25) is 6.41 Å². The van der Waals surface area contributed by atoms with Gasteiger partial charge in [-0.15, -0.1) is 0 Å². The van der Waals surface area contributed by atoms with Gasteiger partial charge < -0.3 is 4.74 Å². The molecule has 5 nitrogen and oxygen atoms in total. The van der Waals surface area contributed by atoms with E-state index in [1.807, 2.05) is 13.8 Å². The van der Waals surface area contributed by atoms with E-state index in [0.717, 1.165) is 0 Å². The van der Waals surface area contributed by atoms with E-state index < -0.39 is 12.0 Å². The van der Waals surface area contributed by atoms with Crippen LogP contribution >= 0.6 is 0 Å². The summed E-state index contributed by atoms with van der Waals surface area (Å²) in [5.74, 6) is -0.415. The first kappa shape index (κ1) is 11.9. The number of hydroxylamine groups is 2. The third kappa shape index (κ3) is 3.89. The van der Waals surface area contributed by atoms with Crippen LogP contribution in [-0.2, 0) is 14.3 Å². The van der Waals surface area contributed by atoms with Gasteiger partial charge in [0, 0.05) is 0 Å². The maximum atomic E-state index is 11.1. The monoisotopic (exact) mass is 189 g/mol. The lowest BCUT2D eigenvalue weighted by Crippen LogP contribution is -2.39. The Morgan fingerprint density at radius 3 is 2.46 bits per heavy atom. The molecule has 0 aromatic heterocycles. The topological polar surface area (TPSA) is 66.8 Å². The Morgan fingerprint density at radius 2 is 2.15 bits per heavy atom. The lowest BCUT2D eigenvalue weighted by molar-refractivity contribution is -0.178. The van der Waals surface area contributed by atoms with E-state index in [1.54, 1.807) is 0 Å². The number of ether oxygens (including phenoxy) is 1. The third-order valence-electron chi connectivity index (χ3n) is 1.60. The largest absolute Gasteiger partial charge is 0.467 e. The van der Waals surface area contributed by atoms with Gasteiger partial charge in [-0.25, -0.2) is 9.86 Å². The second kappa shape index (κ2) is 5.53. The van der Waals surface area contributed by atoms with Gasteiger partial charge in [0.15, 0.2) is 6.04 Å². The predicted octanol–water partition coefficient (Wildman–Crippen LogP) is 0.422. The van der Waals surface area contributed by atoms with Gasteiger partial charge in [0.1, 0.15) is 0 Å². The van der Waals surface area contributed by atoms with Crippen molar-refractivity contribution < 1.29 is 19.5 Å². The van der Waals surface area contributed by atoms with Crippen molar-refractivity contribution in [3.8, 4) is 0 Å². The highest BCUT2D eigenvalue weighted by Gasteiger charge is 2.25. The Hall–Kier alpha value is -1.10. The van der Waals surface area contributed by atoms with E-state index in [0.29, 0.717) is 11.5 Å². The third-order valence-corrected chi connectivity index (χ3v) is 1.60. The number of hydrogen-bond donors (Lipinski definition) is 1. The second-order valence-corrected chi connectivity index (χ2v) is 3.15. The van der Waals surface area contributed by atoms with Crippen molar-refractivity contribution in [2.24, 2.45) is 5.92 Å². The summed E-state index contributed by atoms with van der Waals surface area (Å²) < 4.78 is 4.44. The summed E-state index contributed by atoms with van der Waals surface area (Å²) in [6, 6.07) is -0.900. The zero-order valence-corrected chi connectivity index (χ0v) is 8.06. The first-order valence-corrected chi connectivity index (χ1v) is 4.03. The van der Waals surface area contributed by atoms with Crippen molar-refractivity contribution in [1.29, 1.82) is 0 Å². The molecule has 0 radical (unpaired) electrons. The van der Waals surface area contributed by atoms with Crippen LogP contribution in [0.1, 0.15) is 20.3 Å². The van der Waals surface area contributed by atoms with Gasteiger partial charge in [0.05, 0.1) is 7.11 Å². The first-order chi connectivity index (χ1) is 6.02. The highest BCUT2D eigenvalue weighted by molar-refractivity contribution is 5.77. The molecule has 0 spiro atoms. The molecule has 0 fully saturated rings. The van der Waals surface area contributed by atoms with Crippen LogP contribution in [0.4, 0.5) is 0 Å². The molecule has 0 rings (SSSR count). The number of hydrogen-bond acceptors (Lipinski definition) is 4. The molecule has 0 aromatic carbocycles. The Kier molecular flexibility index (Phi) is 5.06. The van der Waals surface area contributed by atoms with Crippen LogP contribution in [-0.4, -0.2) is 35.8 Å². The van der Waals surface area contributed by atoms with E-state index >= 15 is 0 Å². The number of nitrogens with zero attached hydrogens (tertiary/aromatic N) is 1. The Labute approximate surface area is 77.2 Å². The molecule has 0 aromatic rings. The molecule has 0 aliphatic rings. The number of carbonyl (C=O) groups excluding carboxylic acids is 2. The van der Waals surface area contributed by atoms with Crippen molar-refractivity contribution >= 4 is 12.4 Å². The van der Waals surface area contributed by atoms with E-state index in [4.69, 9.17) is 5.21 Å². The maximum Gasteiger partial charge on any atom is 0.331 e. The number of rotatable bonds is 5.